The molecule has 0 aliphatic carbocycles. The minimum Gasteiger partial charge on any atom is -0.464 e. The van der Waals surface area contributed by atoms with Crippen LogP contribution >= 0.6 is 0 Å². The number of hydrogen-bond donors (Lipinski definition) is 1. The van der Waals surface area contributed by atoms with Crippen LogP contribution in [0, 0.1) is 6.92 Å². The summed E-state index contributed by atoms with van der Waals surface area (Å²) in [5.41, 5.74) is 0.913. The fraction of sp³-hybridized carbons (Fsp3) is 0.455. The number of nitrogens with zero attached hydrogens (tertiary/aromatic N) is 2. The molecule has 162 valence electrons. The summed E-state index contributed by atoms with van der Waals surface area (Å²) in [5.74, 6) is 2.70. The highest BCUT2D eigenvalue weighted by Crippen LogP contribution is 2.33. The number of carbonyl (C=O) groups is 2. The van der Waals surface area contributed by atoms with Gasteiger partial charge in [0.05, 0.1) is 6.54 Å². The normalized spacial score (nSPS) is 12.0. The molecular weight excluding hydrogens is 386 g/mol. The summed E-state index contributed by atoms with van der Waals surface area (Å²) >= 11 is 0. The largest absolute Gasteiger partial charge is 0.464 e. The lowest BCUT2D eigenvalue weighted by Gasteiger charge is -2.27. The zero-order chi connectivity index (χ0) is 21.5. The molecule has 1 aromatic carbocycles. The first-order valence-electron chi connectivity index (χ1n) is 10.2. The summed E-state index contributed by atoms with van der Waals surface area (Å²) in [5, 5.41) is 2.77. The average Bonchev–Trinajstić information content (AvgIpc) is 3.35. The van der Waals surface area contributed by atoms with Gasteiger partial charge in [0.2, 0.25) is 12.7 Å². The van der Waals surface area contributed by atoms with Gasteiger partial charge in [-0.2, -0.15) is 0 Å². The van der Waals surface area contributed by atoms with Gasteiger partial charge in [0.15, 0.2) is 11.5 Å². The molecule has 0 radical (unpaired) electrons. The van der Waals surface area contributed by atoms with Gasteiger partial charge in [0.25, 0.3) is 0 Å². The molecule has 1 aromatic heterocycles. The Hall–Kier alpha value is -3.16. The molecule has 8 heteroatoms. The molecule has 3 amide bonds. The third kappa shape index (κ3) is 5.46. The van der Waals surface area contributed by atoms with E-state index in [-0.39, 0.29) is 25.3 Å². The first kappa shape index (κ1) is 21.5. The van der Waals surface area contributed by atoms with E-state index in [2.05, 4.69) is 5.32 Å². The van der Waals surface area contributed by atoms with Crippen molar-refractivity contribution in [3.05, 3.63) is 47.4 Å². The van der Waals surface area contributed by atoms with Crippen molar-refractivity contribution in [3.63, 3.8) is 0 Å². The van der Waals surface area contributed by atoms with E-state index in [1.807, 2.05) is 51.1 Å². The Labute approximate surface area is 176 Å². The van der Waals surface area contributed by atoms with Crippen molar-refractivity contribution >= 4 is 11.9 Å². The Kier molecular flexibility index (Phi) is 7.21. The summed E-state index contributed by atoms with van der Waals surface area (Å²) < 4.78 is 16.5. The molecule has 1 aliphatic heterocycles. The van der Waals surface area contributed by atoms with Gasteiger partial charge in [-0.25, -0.2) is 4.79 Å². The van der Waals surface area contributed by atoms with Crippen molar-refractivity contribution in [1.29, 1.82) is 0 Å². The lowest BCUT2D eigenvalue weighted by molar-refractivity contribution is -0.133. The second kappa shape index (κ2) is 10.0. The monoisotopic (exact) mass is 415 g/mol. The molecule has 30 heavy (non-hydrogen) atoms. The van der Waals surface area contributed by atoms with E-state index in [1.54, 1.807) is 9.80 Å². The molecule has 8 nitrogen and oxygen atoms in total. The number of urea groups is 1. The van der Waals surface area contributed by atoms with Gasteiger partial charge in [-0.1, -0.05) is 13.0 Å². The lowest BCUT2D eigenvalue weighted by atomic mass is 10.2. The van der Waals surface area contributed by atoms with Crippen molar-refractivity contribution in [1.82, 2.24) is 15.1 Å². The van der Waals surface area contributed by atoms with Crippen molar-refractivity contribution < 1.29 is 23.5 Å². The highest BCUT2D eigenvalue weighted by Gasteiger charge is 2.23. The van der Waals surface area contributed by atoms with E-state index in [1.165, 1.54) is 0 Å². The minimum atomic E-state index is -0.232. The fourth-order valence-corrected chi connectivity index (χ4v) is 3.30. The number of benzene rings is 1. The smallest absolute Gasteiger partial charge is 0.317 e. The zero-order valence-corrected chi connectivity index (χ0v) is 17.8. The van der Waals surface area contributed by atoms with Crippen LogP contribution in [0.3, 0.4) is 0 Å². The molecule has 0 unspecified atom stereocenters. The van der Waals surface area contributed by atoms with Crippen LogP contribution in [-0.4, -0.2) is 48.2 Å². The van der Waals surface area contributed by atoms with E-state index < -0.39 is 0 Å². The molecule has 0 atom stereocenters. The molecule has 0 saturated carbocycles. The summed E-state index contributed by atoms with van der Waals surface area (Å²) in [6.45, 7) is 7.61. The molecule has 1 aliphatic rings. The Balaban J connectivity index is 1.77. The minimum absolute atomic E-state index is 0.00388. The Bertz CT molecular complexity index is 879. The zero-order valence-electron chi connectivity index (χ0n) is 17.8. The number of furan rings is 1. The summed E-state index contributed by atoms with van der Waals surface area (Å²) in [4.78, 5) is 28.8. The maximum atomic E-state index is 13.2. The van der Waals surface area contributed by atoms with Crippen LogP contribution in [0.25, 0.3) is 0 Å². The van der Waals surface area contributed by atoms with E-state index in [0.717, 1.165) is 17.7 Å². The number of aryl methyl sites for hydroxylation is 1. The Morgan fingerprint density at radius 2 is 1.83 bits per heavy atom. The van der Waals surface area contributed by atoms with Gasteiger partial charge < -0.3 is 29.0 Å². The highest BCUT2D eigenvalue weighted by atomic mass is 16.7. The standard InChI is InChI=1S/C22H29N3O5/c1-4-10-24(22(27)23-5-2)14-21(26)25(13-18-8-6-16(3)30-18)12-17-7-9-19-20(11-17)29-15-28-19/h6-9,11H,4-5,10,12-15H2,1-3H3,(H,23,27). The average molecular weight is 415 g/mol. The van der Waals surface area contributed by atoms with Crippen LogP contribution in [0.5, 0.6) is 11.5 Å². The second-order valence-corrected chi connectivity index (χ2v) is 7.21. The fourth-order valence-electron chi connectivity index (χ4n) is 3.30. The number of rotatable bonds is 9. The van der Waals surface area contributed by atoms with Crippen LogP contribution < -0.4 is 14.8 Å². The summed E-state index contributed by atoms with van der Waals surface area (Å²) in [6.07, 6.45) is 0.768. The number of ether oxygens (including phenoxy) is 2. The van der Waals surface area contributed by atoms with Crippen molar-refractivity contribution in [2.45, 2.75) is 40.3 Å². The van der Waals surface area contributed by atoms with E-state index in [0.29, 0.717) is 43.4 Å². The SMILES string of the molecule is CCCN(CC(=O)N(Cc1ccc2c(c1)OCO2)Cc1ccc(C)o1)C(=O)NCC. The number of nitrogens with one attached hydrogen (secondary N) is 1. The van der Waals surface area contributed by atoms with Gasteiger partial charge in [0.1, 0.15) is 18.1 Å². The predicted octanol–water partition coefficient (Wildman–Crippen LogP) is 3.29. The molecular formula is C22H29N3O5. The van der Waals surface area contributed by atoms with Gasteiger partial charge in [0, 0.05) is 19.6 Å². The maximum Gasteiger partial charge on any atom is 0.317 e. The molecule has 0 bridgehead atoms. The number of carbonyl (C=O) groups excluding carboxylic acids is 2. The molecule has 0 saturated heterocycles. The van der Waals surface area contributed by atoms with Crippen LogP contribution in [-0.2, 0) is 17.9 Å². The molecule has 2 heterocycles. The van der Waals surface area contributed by atoms with Gasteiger partial charge in [-0.15, -0.1) is 0 Å². The third-order valence-electron chi connectivity index (χ3n) is 4.74. The number of amides is 3. The van der Waals surface area contributed by atoms with Crippen LogP contribution in [0.15, 0.2) is 34.7 Å². The second-order valence-electron chi connectivity index (χ2n) is 7.21. The first-order valence-corrected chi connectivity index (χ1v) is 10.2. The van der Waals surface area contributed by atoms with Gasteiger partial charge >= 0.3 is 6.03 Å². The molecule has 3 rings (SSSR count). The molecule has 2 aromatic rings. The van der Waals surface area contributed by atoms with Crippen molar-refractivity contribution in [2.24, 2.45) is 0 Å². The number of hydrogen-bond acceptors (Lipinski definition) is 5. The lowest BCUT2D eigenvalue weighted by Crippen LogP contribution is -2.46. The first-order chi connectivity index (χ1) is 14.5. The number of fused-ring (bicyclic) bond motifs is 1. The maximum absolute atomic E-state index is 13.2. The van der Waals surface area contributed by atoms with Gasteiger partial charge in [-0.05, 0) is 50.1 Å². The van der Waals surface area contributed by atoms with Crippen LogP contribution in [0.1, 0.15) is 37.4 Å². The van der Waals surface area contributed by atoms with Crippen LogP contribution in [0.2, 0.25) is 0 Å². The van der Waals surface area contributed by atoms with Crippen molar-refractivity contribution in [3.8, 4) is 11.5 Å². The van der Waals surface area contributed by atoms with E-state index in [4.69, 9.17) is 13.9 Å². The Morgan fingerprint density at radius 1 is 1.03 bits per heavy atom. The topological polar surface area (TPSA) is 84.2 Å². The van der Waals surface area contributed by atoms with E-state index >= 15 is 0 Å². The summed E-state index contributed by atoms with van der Waals surface area (Å²) in [6, 6.07) is 9.14. The summed E-state index contributed by atoms with van der Waals surface area (Å²) in [7, 11) is 0. The highest BCUT2D eigenvalue weighted by molar-refractivity contribution is 5.84. The van der Waals surface area contributed by atoms with Gasteiger partial charge in [-0.3, -0.25) is 4.79 Å². The molecule has 0 spiro atoms. The Morgan fingerprint density at radius 3 is 2.53 bits per heavy atom. The predicted molar refractivity (Wildman–Crippen MR) is 111 cm³/mol. The van der Waals surface area contributed by atoms with E-state index in [9.17, 15) is 9.59 Å². The quantitative estimate of drug-likeness (QED) is 0.679. The molecule has 0 fully saturated rings. The molecule has 1 N–H and O–H groups in total. The van der Waals surface area contributed by atoms with Crippen molar-refractivity contribution in [2.75, 3.05) is 26.4 Å². The van der Waals surface area contributed by atoms with Crippen LogP contribution in [0.4, 0.5) is 4.79 Å². The third-order valence-corrected chi connectivity index (χ3v) is 4.74.